The Morgan fingerprint density at radius 1 is 1.04 bits per heavy atom. The number of anilines is 1. The highest BCUT2D eigenvalue weighted by molar-refractivity contribution is 6.77. The SMILES string of the molecule is COc1ncc(F)cc1C(CO[Si](C(C)C)(C(C)C)C(C)C)n1cc(NC(=O)[C@@H](NC(=O)OC(C)(C)C)C2CCC(C)CC2)cn1. The topological polar surface area (TPSA) is 117 Å². The highest BCUT2D eigenvalue weighted by atomic mass is 28.4. The van der Waals surface area contributed by atoms with Gasteiger partial charge in [-0.25, -0.2) is 14.2 Å². The van der Waals surface area contributed by atoms with E-state index in [1.807, 2.05) is 0 Å². The number of carbonyl (C=O) groups excluding carboxylic acids is 2. The molecule has 1 saturated carbocycles. The van der Waals surface area contributed by atoms with E-state index in [1.165, 1.54) is 13.2 Å². The van der Waals surface area contributed by atoms with Crippen LogP contribution in [0.1, 0.15) is 107 Å². The van der Waals surface area contributed by atoms with Crippen molar-refractivity contribution in [3.63, 3.8) is 0 Å². The van der Waals surface area contributed by atoms with Gasteiger partial charge in [-0.05, 0) is 68.1 Å². The molecule has 0 aromatic carbocycles. The minimum atomic E-state index is -2.31. The molecule has 1 aliphatic carbocycles. The summed E-state index contributed by atoms with van der Waals surface area (Å²) in [5, 5.41) is 10.4. The van der Waals surface area contributed by atoms with Crippen molar-refractivity contribution >= 4 is 26.0 Å². The molecule has 2 amide bonds. The van der Waals surface area contributed by atoms with E-state index in [1.54, 1.807) is 37.8 Å². The summed E-state index contributed by atoms with van der Waals surface area (Å²) in [5.74, 6) is -0.0102. The van der Waals surface area contributed by atoms with Gasteiger partial charge in [0.15, 0.2) is 8.32 Å². The van der Waals surface area contributed by atoms with Gasteiger partial charge >= 0.3 is 6.09 Å². The summed E-state index contributed by atoms with van der Waals surface area (Å²) in [6, 6.07) is 0.0445. The van der Waals surface area contributed by atoms with Crippen LogP contribution >= 0.6 is 0 Å². The Bertz CT molecular complexity index is 1280. The maximum absolute atomic E-state index is 14.6. The summed E-state index contributed by atoms with van der Waals surface area (Å²) in [5.41, 5.74) is 1.25. The summed E-state index contributed by atoms with van der Waals surface area (Å²) in [6.07, 6.45) is 7.37. The van der Waals surface area contributed by atoms with Gasteiger partial charge < -0.3 is 24.5 Å². The third-order valence-corrected chi connectivity index (χ3v) is 15.4. The predicted molar refractivity (Wildman–Crippen MR) is 181 cm³/mol. The molecule has 0 spiro atoms. The summed E-state index contributed by atoms with van der Waals surface area (Å²) < 4.78 is 34.3. The molecular weight excluding hydrogens is 605 g/mol. The zero-order chi connectivity index (χ0) is 34.4. The van der Waals surface area contributed by atoms with Crippen molar-refractivity contribution in [3.8, 4) is 5.88 Å². The summed E-state index contributed by atoms with van der Waals surface area (Å²) >= 11 is 0. The molecule has 2 heterocycles. The molecule has 0 bridgehead atoms. The smallest absolute Gasteiger partial charge is 0.408 e. The minimum absolute atomic E-state index is 0.0243. The van der Waals surface area contributed by atoms with Gasteiger partial charge in [0.2, 0.25) is 11.8 Å². The van der Waals surface area contributed by atoms with Crippen LogP contribution in [0, 0.1) is 17.7 Å². The number of pyridine rings is 1. The van der Waals surface area contributed by atoms with Crippen LogP contribution in [0.3, 0.4) is 0 Å². The van der Waals surface area contributed by atoms with E-state index in [4.69, 9.17) is 13.9 Å². The average Bonchev–Trinajstić information content (AvgIpc) is 3.41. The van der Waals surface area contributed by atoms with Gasteiger partial charge in [0.05, 0.1) is 31.8 Å². The molecule has 2 aromatic heterocycles. The predicted octanol–water partition coefficient (Wildman–Crippen LogP) is 7.87. The first-order valence-corrected chi connectivity index (χ1v) is 18.8. The number of rotatable bonds is 13. The molecule has 0 radical (unpaired) electrons. The molecule has 2 N–H and O–H groups in total. The number of nitrogens with one attached hydrogen (secondary N) is 2. The highest BCUT2D eigenvalue weighted by Gasteiger charge is 2.46. The molecule has 0 aliphatic heterocycles. The number of alkyl carbamates (subject to hydrolysis) is 1. The molecule has 3 rings (SSSR count). The van der Waals surface area contributed by atoms with Crippen LogP contribution in [0.4, 0.5) is 14.9 Å². The lowest BCUT2D eigenvalue weighted by Gasteiger charge is -2.43. The average molecular weight is 662 g/mol. The van der Waals surface area contributed by atoms with E-state index in [9.17, 15) is 14.0 Å². The number of ether oxygens (including phenoxy) is 2. The van der Waals surface area contributed by atoms with Gasteiger partial charge in [0.25, 0.3) is 0 Å². The zero-order valence-electron chi connectivity index (χ0n) is 29.6. The van der Waals surface area contributed by atoms with Crippen LogP contribution in [0.15, 0.2) is 24.7 Å². The molecule has 2 atom stereocenters. The second kappa shape index (κ2) is 15.7. The Balaban J connectivity index is 1.94. The second-order valence-corrected chi connectivity index (χ2v) is 20.2. The Hall–Kier alpha value is -2.99. The first kappa shape index (κ1) is 37.5. The lowest BCUT2D eigenvalue weighted by Crippen LogP contribution is -2.50. The van der Waals surface area contributed by atoms with Crippen molar-refractivity contribution in [1.82, 2.24) is 20.1 Å². The number of nitrogens with zero attached hydrogens (tertiary/aromatic N) is 3. The Kier molecular flexibility index (Phi) is 12.8. The van der Waals surface area contributed by atoms with E-state index in [0.29, 0.717) is 33.8 Å². The maximum atomic E-state index is 14.6. The van der Waals surface area contributed by atoms with Gasteiger partial charge in [0.1, 0.15) is 23.5 Å². The normalized spacial score (nSPS) is 18.8. The van der Waals surface area contributed by atoms with Crippen LogP contribution in [0.25, 0.3) is 0 Å². The fourth-order valence-electron chi connectivity index (χ4n) is 7.13. The third-order valence-electron chi connectivity index (χ3n) is 9.27. The fraction of sp³-hybridized carbons (Fsp3) is 0.706. The molecule has 1 fully saturated rings. The Morgan fingerprint density at radius 3 is 2.20 bits per heavy atom. The molecule has 10 nitrogen and oxygen atoms in total. The van der Waals surface area contributed by atoms with Gasteiger partial charge in [-0.1, -0.05) is 61.3 Å². The lowest BCUT2D eigenvalue weighted by molar-refractivity contribution is -0.119. The number of aromatic nitrogens is 3. The molecule has 258 valence electrons. The molecule has 12 heteroatoms. The van der Waals surface area contributed by atoms with Gasteiger partial charge in [-0.2, -0.15) is 5.10 Å². The molecule has 0 saturated heterocycles. The fourth-order valence-corrected chi connectivity index (χ4v) is 12.6. The Morgan fingerprint density at radius 2 is 1.65 bits per heavy atom. The van der Waals surface area contributed by atoms with E-state index in [2.05, 4.69) is 69.2 Å². The van der Waals surface area contributed by atoms with Crippen LogP contribution < -0.4 is 15.4 Å². The van der Waals surface area contributed by atoms with Crippen LogP contribution in [0.5, 0.6) is 5.88 Å². The number of methoxy groups -OCH3 is 1. The van der Waals surface area contributed by atoms with Crippen molar-refractivity contribution in [2.24, 2.45) is 11.8 Å². The molecule has 46 heavy (non-hydrogen) atoms. The van der Waals surface area contributed by atoms with Crippen molar-refractivity contribution < 1.29 is 27.9 Å². The molecule has 1 aliphatic rings. The summed E-state index contributed by atoms with van der Waals surface area (Å²) in [7, 11) is -0.811. The number of amides is 2. The minimum Gasteiger partial charge on any atom is -0.481 e. The molecule has 1 unspecified atom stereocenters. The maximum Gasteiger partial charge on any atom is 0.408 e. The van der Waals surface area contributed by atoms with Crippen molar-refractivity contribution in [3.05, 3.63) is 36.0 Å². The molecule has 2 aromatic rings. The van der Waals surface area contributed by atoms with Crippen LogP contribution in [-0.2, 0) is 14.0 Å². The van der Waals surface area contributed by atoms with Crippen LogP contribution in [0.2, 0.25) is 16.6 Å². The summed E-state index contributed by atoms with van der Waals surface area (Å²) in [6.45, 7) is 21.1. The van der Waals surface area contributed by atoms with E-state index < -0.39 is 37.9 Å². The van der Waals surface area contributed by atoms with Crippen molar-refractivity contribution in [1.29, 1.82) is 0 Å². The zero-order valence-corrected chi connectivity index (χ0v) is 30.6. The standard InChI is InChI=1S/C34H56FN5O5Si/c1-21(2)46(22(3)4,23(5)6)44-20-29(28-16-26(35)17-36-32(28)43-11)40-19-27(18-37-40)38-31(41)30(25-14-12-24(7)13-15-25)39-33(42)45-34(8,9)10/h16-19,21-25,29-30H,12-15,20H2,1-11H3,(H,38,41)(H,39,42)/t24?,25?,29?,30-/m0/s1. The van der Waals surface area contributed by atoms with Crippen LogP contribution in [-0.4, -0.2) is 60.4 Å². The van der Waals surface area contributed by atoms with Crippen molar-refractivity contribution in [2.45, 2.75) is 129 Å². The summed E-state index contributed by atoms with van der Waals surface area (Å²) in [4.78, 5) is 30.7. The monoisotopic (exact) mass is 661 g/mol. The number of hydrogen-bond donors (Lipinski definition) is 2. The van der Waals surface area contributed by atoms with Crippen molar-refractivity contribution in [2.75, 3.05) is 19.0 Å². The quantitative estimate of drug-likeness (QED) is 0.210. The number of carbonyl (C=O) groups is 2. The first-order chi connectivity index (χ1) is 21.5. The Labute approximate surface area is 275 Å². The lowest BCUT2D eigenvalue weighted by atomic mass is 9.79. The van der Waals surface area contributed by atoms with E-state index in [-0.39, 0.29) is 24.3 Å². The first-order valence-electron chi connectivity index (χ1n) is 16.7. The second-order valence-electron chi connectivity index (χ2n) is 14.7. The molecular formula is C34H56FN5O5Si. The number of hydrogen-bond acceptors (Lipinski definition) is 7. The third kappa shape index (κ3) is 9.30. The van der Waals surface area contributed by atoms with Gasteiger partial charge in [-0.15, -0.1) is 0 Å². The van der Waals surface area contributed by atoms with Gasteiger partial charge in [0, 0.05) is 11.8 Å². The van der Waals surface area contributed by atoms with Gasteiger partial charge in [-0.3, -0.25) is 9.48 Å². The number of halogens is 1. The largest absolute Gasteiger partial charge is 0.481 e. The van der Waals surface area contributed by atoms with E-state index >= 15 is 0 Å². The van der Waals surface area contributed by atoms with E-state index in [0.717, 1.165) is 31.9 Å². The highest BCUT2D eigenvalue weighted by Crippen LogP contribution is 2.43.